The van der Waals surface area contributed by atoms with Crippen molar-refractivity contribution in [1.82, 2.24) is 10.2 Å². The van der Waals surface area contributed by atoms with Gasteiger partial charge in [-0.05, 0) is 64.6 Å². The number of carbonyl (C=O) groups is 2. The smallest absolute Gasteiger partial charge is 0.326 e. The van der Waals surface area contributed by atoms with Crippen molar-refractivity contribution in [2.75, 3.05) is 24.2 Å². The zero-order valence-electron chi connectivity index (χ0n) is 14.3. The molecule has 2 N–H and O–H groups in total. The van der Waals surface area contributed by atoms with Gasteiger partial charge in [0.2, 0.25) is 0 Å². The largest absolute Gasteiger partial charge is 0.348 e. The number of amidine groups is 1. The van der Waals surface area contributed by atoms with E-state index in [1.165, 1.54) is 0 Å². The Balaban J connectivity index is 1.39. The number of thioether (sulfide) groups is 1. The van der Waals surface area contributed by atoms with Crippen LogP contribution in [0.15, 0.2) is 53.5 Å². The first-order valence-corrected chi connectivity index (χ1v) is 10.6. The van der Waals surface area contributed by atoms with Crippen LogP contribution in [-0.4, -0.2) is 40.8 Å². The lowest BCUT2D eigenvalue weighted by atomic mass is 10.1. The summed E-state index contributed by atoms with van der Waals surface area (Å²) in [5, 5.41) is 6.19. The maximum absolute atomic E-state index is 12.2. The van der Waals surface area contributed by atoms with E-state index in [1.54, 1.807) is 30.0 Å². The van der Waals surface area contributed by atoms with Crippen molar-refractivity contribution in [1.29, 1.82) is 0 Å². The van der Waals surface area contributed by atoms with Gasteiger partial charge in [-0.2, -0.15) is 0 Å². The van der Waals surface area contributed by atoms with Gasteiger partial charge >= 0.3 is 6.03 Å². The fourth-order valence-electron chi connectivity index (χ4n) is 3.05. The van der Waals surface area contributed by atoms with Gasteiger partial charge in [0.15, 0.2) is 5.17 Å². The second kappa shape index (κ2) is 7.89. The van der Waals surface area contributed by atoms with E-state index in [-0.39, 0.29) is 6.04 Å². The summed E-state index contributed by atoms with van der Waals surface area (Å²) in [4.78, 5) is 31.4. The molecular weight excluding hydrogens is 475 g/mol. The van der Waals surface area contributed by atoms with Gasteiger partial charge in [-0.25, -0.2) is 4.79 Å². The first kappa shape index (κ1) is 18.3. The van der Waals surface area contributed by atoms with Crippen molar-refractivity contribution in [3.05, 3.63) is 63.2 Å². The highest BCUT2D eigenvalue weighted by Gasteiger charge is 2.30. The molecule has 0 unspecified atom stereocenters. The topological polar surface area (TPSA) is 73.8 Å². The molecule has 2 aliphatic rings. The number of benzene rings is 2. The minimum absolute atomic E-state index is 0.0889. The van der Waals surface area contributed by atoms with Crippen molar-refractivity contribution in [3.63, 3.8) is 0 Å². The fraction of sp³-hybridized carbons (Fsp3) is 0.211. The van der Waals surface area contributed by atoms with Crippen LogP contribution in [0.5, 0.6) is 0 Å². The average molecular weight is 492 g/mol. The third-order valence-corrected chi connectivity index (χ3v) is 6.11. The molecule has 0 saturated carbocycles. The molecule has 2 aliphatic heterocycles. The molecule has 0 spiro atoms. The zero-order chi connectivity index (χ0) is 18.8. The Morgan fingerprint density at radius 1 is 1.19 bits per heavy atom. The van der Waals surface area contributed by atoms with Crippen LogP contribution in [0.1, 0.15) is 22.0 Å². The molecular formula is C19H17IN4O2S. The summed E-state index contributed by atoms with van der Waals surface area (Å²) >= 11 is 3.95. The highest BCUT2D eigenvalue weighted by atomic mass is 127. The zero-order valence-corrected chi connectivity index (χ0v) is 17.3. The van der Waals surface area contributed by atoms with Gasteiger partial charge in [0.25, 0.3) is 5.91 Å². The maximum Gasteiger partial charge on any atom is 0.326 e. The summed E-state index contributed by atoms with van der Waals surface area (Å²) in [5.74, 6) is 0.668. The minimum atomic E-state index is -0.551. The monoisotopic (exact) mass is 492 g/mol. The molecule has 138 valence electrons. The maximum atomic E-state index is 12.2. The second-order valence-electron chi connectivity index (χ2n) is 6.26. The number of amides is 3. The van der Waals surface area contributed by atoms with Gasteiger partial charge in [0.05, 0.1) is 6.04 Å². The van der Waals surface area contributed by atoms with Crippen molar-refractivity contribution < 1.29 is 9.59 Å². The van der Waals surface area contributed by atoms with E-state index >= 15 is 0 Å². The molecule has 0 aliphatic carbocycles. The molecule has 4 rings (SSSR count). The van der Waals surface area contributed by atoms with Crippen molar-refractivity contribution in [2.45, 2.75) is 6.04 Å². The van der Waals surface area contributed by atoms with E-state index in [4.69, 9.17) is 4.99 Å². The lowest BCUT2D eigenvalue weighted by molar-refractivity contribution is 0.0967. The third-order valence-electron chi connectivity index (χ3n) is 4.39. The summed E-state index contributed by atoms with van der Waals surface area (Å²) in [6, 6.07) is 14.2. The van der Waals surface area contributed by atoms with E-state index in [1.807, 2.05) is 30.3 Å². The minimum Gasteiger partial charge on any atom is -0.348 e. The molecule has 2 heterocycles. The average Bonchev–Trinajstić information content (AvgIpc) is 3.24. The number of nitrogens with one attached hydrogen (secondary N) is 2. The number of carbonyl (C=O) groups excluding carboxylic acids is 2. The molecule has 1 saturated heterocycles. The Bertz CT molecular complexity index is 916. The van der Waals surface area contributed by atoms with E-state index in [0.717, 1.165) is 33.1 Å². The summed E-state index contributed by atoms with van der Waals surface area (Å²) in [6.07, 6.45) is 0. The molecule has 1 atom stereocenters. The number of aliphatic imine (C=N–C) groups is 1. The van der Waals surface area contributed by atoms with Crippen molar-refractivity contribution >= 4 is 57.1 Å². The van der Waals surface area contributed by atoms with Gasteiger partial charge in [-0.1, -0.05) is 23.9 Å². The van der Waals surface area contributed by atoms with Crippen LogP contribution in [0.25, 0.3) is 0 Å². The van der Waals surface area contributed by atoms with Gasteiger partial charge in [0, 0.05) is 33.7 Å². The quantitative estimate of drug-likeness (QED) is 0.641. The van der Waals surface area contributed by atoms with Crippen molar-refractivity contribution in [2.24, 2.45) is 4.99 Å². The molecule has 2 aromatic rings. The number of nitrogens with zero attached hydrogens (tertiary/aromatic N) is 2. The predicted molar refractivity (Wildman–Crippen MR) is 116 cm³/mol. The number of fused-ring (bicyclic) bond motifs is 1. The molecule has 0 bridgehead atoms. The molecule has 27 heavy (non-hydrogen) atoms. The van der Waals surface area contributed by atoms with E-state index in [2.05, 4.69) is 38.1 Å². The van der Waals surface area contributed by atoms with Crippen LogP contribution in [0.4, 0.5) is 10.5 Å². The number of urea groups is 1. The Morgan fingerprint density at radius 2 is 2.00 bits per heavy atom. The van der Waals surface area contributed by atoms with Crippen LogP contribution in [0, 0.1) is 3.57 Å². The first-order valence-electron chi connectivity index (χ1n) is 8.52. The number of anilines is 1. The standard InChI is InChI=1S/C19H17IN4O2S/c20-14-6-4-12(5-7-14)17(25)23-18(26)21-15-3-1-2-13(10-15)16-11-24-8-9-27-19(24)22-16/h1-7,10,16H,8-9,11H2,(H2,21,23,25,26)/t16-/m1/s1. The van der Waals surface area contributed by atoms with Gasteiger partial charge in [-0.3, -0.25) is 15.1 Å². The second-order valence-corrected chi connectivity index (χ2v) is 8.57. The molecule has 2 aromatic carbocycles. The van der Waals surface area contributed by atoms with Crippen LogP contribution in [0.3, 0.4) is 0 Å². The molecule has 6 nitrogen and oxygen atoms in total. The molecule has 8 heteroatoms. The Kier molecular flexibility index (Phi) is 5.35. The van der Waals surface area contributed by atoms with Crippen LogP contribution >= 0.6 is 34.4 Å². The molecule has 0 radical (unpaired) electrons. The summed E-state index contributed by atoms with van der Waals surface area (Å²) in [6.45, 7) is 1.92. The highest BCUT2D eigenvalue weighted by Crippen LogP contribution is 2.32. The van der Waals surface area contributed by atoms with E-state index < -0.39 is 11.9 Å². The first-order chi connectivity index (χ1) is 13.1. The number of hydrogen-bond acceptors (Lipinski definition) is 5. The van der Waals surface area contributed by atoms with Gasteiger partial charge in [0.1, 0.15) is 0 Å². The number of halogens is 1. The van der Waals surface area contributed by atoms with Crippen LogP contribution in [0.2, 0.25) is 0 Å². The predicted octanol–water partition coefficient (Wildman–Crippen LogP) is 3.71. The molecule has 0 aromatic heterocycles. The van der Waals surface area contributed by atoms with Gasteiger partial charge in [-0.15, -0.1) is 0 Å². The van der Waals surface area contributed by atoms with Crippen LogP contribution < -0.4 is 10.6 Å². The number of hydrogen-bond donors (Lipinski definition) is 2. The summed E-state index contributed by atoms with van der Waals surface area (Å²) in [7, 11) is 0. The van der Waals surface area contributed by atoms with E-state index in [0.29, 0.717) is 11.3 Å². The number of rotatable bonds is 3. The SMILES string of the molecule is O=C(NC(=O)c1ccc(I)cc1)Nc1cccc([C@H]2CN3CCSC3=N2)c1. The molecule has 3 amide bonds. The number of imide groups is 1. The van der Waals surface area contributed by atoms with Crippen molar-refractivity contribution in [3.8, 4) is 0 Å². The third kappa shape index (κ3) is 4.27. The lowest BCUT2D eigenvalue weighted by Gasteiger charge is -2.14. The summed E-state index contributed by atoms with van der Waals surface area (Å²) < 4.78 is 1.03. The van der Waals surface area contributed by atoms with Gasteiger partial charge < -0.3 is 10.2 Å². The Hall–Kier alpha value is -2.07. The van der Waals surface area contributed by atoms with E-state index in [9.17, 15) is 9.59 Å². The summed E-state index contributed by atoms with van der Waals surface area (Å²) in [5.41, 5.74) is 2.14. The Morgan fingerprint density at radius 3 is 2.78 bits per heavy atom. The Labute approximate surface area is 174 Å². The van der Waals surface area contributed by atoms with Crippen LogP contribution in [-0.2, 0) is 0 Å². The lowest BCUT2D eigenvalue weighted by Crippen LogP contribution is -2.34. The fourth-order valence-corrected chi connectivity index (χ4v) is 4.45. The molecule has 1 fully saturated rings. The normalized spacial score (nSPS) is 18.0. The highest BCUT2D eigenvalue weighted by molar-refractivity contribution is 14.1.